The maximum atomic E-state index is 12.5. The molecule has 1 aromatic heterocycles. The molecule has 19 heavy (non-hydrogen) atoms. The Morgan fingerprint density at radius 3 is 2.47 bits per heavy atom. The van der Waals surface area contributed by atoms with Crippen LogP contribution >= 0.6 is 0 Å². The first-order valence-electron chi connectivity index (χ1n) is 5.63. The standard InChI is InChI=1S/C11H11F3N2O3/c12-11(13,14)7-4-6(10(18)19)8(16-9(7)17)15-5-2-1-3-5/h4-5H,1-3H2,(H,18,19)(H2,15,16,17). The third-order valence-corrected chi connectivity index (χ3v) is 3.03. The van der Waals surface area contributed by atoms with Gasteiger partial charge in [0.1, 0.15) is 16.9 Å². The Bertz CT molecular complexity index is 561. The molecule has 5 nitrogen and oxygen atoms in total. The Labute approximate surface area is 105 Å². The molecule has 0 saturated heterocycles. The Morgan fingerprint density at radius 2 is 2.05 bits per heavy atom. The lowest BCUT2D eigenvalue weighted by atomic mass is 9.93. The van der Waals surface area contributed by atoms with Gasteiger partial charge in [0, 0.05) is 6.04 Å². The number of rotatable bonds is 3. The third-order valence-electron chi connectivity index (χ3n) is 3.03. The molecule has 1 aliphatic rings. The smallest absolute Gasteiger partial charge is 0.421 e. The van der Waals surface area contributed by atoms with Gasteiger partial charge in [-0.15, -0.1) is 0 Å². The molecule has 0 aromatic carbocycles. The predicted molar refractivity (Wildman–Crippen MR) is 60.3 cm³/mol. The van der Waals surface area contributed by atoms with Crippen LogP contribution in [0.1, 0.15) is 35.2 Å². The molecule has 0 spiro atoms. The monoisotopic (exact) mass is 276 g/mol. The summed E-state index contributed by atoms with van der Waals surface area (Å²) in [6.45, 7) is 0. The van der Waals surface area contributed by atoms with Crippen LogP contribution in [-0.2, 0) is 6.18 Å². The minimum absolute atomic E-state index is 0.00881. The zero-order valence-corrected chi connectivity index (χ0v) is 9.67. The van der Waals surface area contributed by atoms with Crippen molar-refractivity contribution in [2.75, 3.05) is 5.32 Å². The van der Waals surface area contributed by atoms with E-state index >= 15 is 0 Å². The van der Waals surface area contributed by atoms with Crippen molar-refractivity contribution in [1.82, 2.24) is 4.98 Å². The second-order valence-corrected chi connectivity index (χ2v) is 4.38. The van der Waals surface area contributed by atoms with Crippen molar-refractivity contribution in [2.45, 2.75) is 31.5 Å². The molecule has 1 aromatic rings. The molecule has 0 unspecified atom stereocenters. The summed E-state index contributed by atoms with van der Waals surface area (Å²) < 4.78 is 37.6. The lowest BCUT2D eigenvalue weighted by Crippen LogP contribution is -2.31. The summed E-state index contributed by atoms with van der Waals surface area (Å²) in [7, 11) is 0. The summed E-state index contributed by atoms with van der Waals surface area (Å²) in [5.41, 5.74) is -3.44. The van der Waals surface area contributed by atoms with Crippen LogP contribution in [0.4, 0.5) is 19.0 Å². The number of nitrogens with one attached hydrogen (secondary N) is 2. The lowest BCUT2D eigenvalue weighted by Gasteiger charge is -2.27. The number of pyridine rings is 1. The number of hydrogen-bond acceptors (Lipinski definition) is 3. The van der Waals surface area contributed by atoms with Gasteiger partial charge in [0.05, 0.1) is 0 Å². The van der Waals surface area contributed by atoms with Gasteiger partial charge in [0.15, 0.2) is 0 Å². The SMILES string of the molecule is O=C(O)c1cc(C(F)(F)F)c(=O)[nH]c1NC1CCC1. The highest BCUT2D eigenvalue weighted by Gasteiger charge is 2.36. The van der Waals surface area contributed by atoms with E-state index in [9.17, 15) is 22.8 Å². The molecule has 1 fully saturated rings. The zero-order chi connectivity index (χ0) is 14.2. The molecule has 3 N–H and O–H groups in total. The van der Waals surface area contributed by atoms with Gasteiger partial charge in [-0.05, 0) is 25.3 Å². The average molecular weight is 276 g/mol. The number of carboxylic acids is 1. The fourth-order valence-corrected chi connectivity index (χ4v) is 1.78. The van der Waals surface area contributed by atoms with Crippen LogP contribution in [0.2, 0.25) is 0 Å². The molecule has 0 aliphatic heterocycles. The molecule has 0 amide bonds. The molecule has 1 saturated carbocycles. The largest absolute Gasteiger partial charge is 0.478 e. The fourth-order valence-electron chi connectivity index (χ4n) is 1.78. The van der Waals surface area contributed by atoms with E-state index in [1.807, 2.05) is 4.98 Å². The van der Waals surface area contributed by atoms with E-state index in [-0.39, 0.29) is 11.9 Å². The number of aromatic carboxylic acids is 1. The van der Waals surface area contributed by atoms with E-state index in [0.29, 0.717) is 6.07 Å². The van der Waals surface area contributed by atoms with Gasteiger partial charge in [-0.25, -0.2) is 4.79 Å². The lowest BCUT2D eigenvalue weighted by molar-refractivity contribution is -0.138. The van der Waals surface area contributed by atoms with Crippen molar-refractivity contribution in [1.29, 1.82) is 0 Å². The van der Waals surface area contributed by atoms with Crippen LogP contribution in [0.3, 0.4) is 0 Å². The first-order chi connectivity index (χ1) is 8.79. The van der Waals surface area contributed by atoms with E-state index < -0.39 is 28.8 Å². The predicted octanol–water partition coefficient (Wildman–Crippen LogP) is 2.06. The van der Waals surface area contributed by atoms with Crippen molar-refractivity contribution in [3.05, 3.63) is 27.5 Å². The third kappa shape index (κ3) is 2.72. The van der Waals surface area contributed by atoms with Crippen LogP contribution in [0.15, 0.2) is 10.9 Å². The highest BCUT2D eigenvalue weighted by molar-refractivity contribution is 5.93. The normalized spacial score (nSPS) is 15.9. The number of hydrogen-bond donors (Lipinski definition) is 3. The van der Waals surface area contributed by atoms with E-state index in [1.54, 1.807) is 0 Å². The molecular weight excluding hydrogens is 265 g/mol. The maximum absolute atomic E-state index is 12.5. The molecule has 1 aliphatic carbocycles. The van der Waals surface area contributed by atoms with Crippen molar-refractivity contribution in [3.63, 3.8) is 0 Å². The van der Waals surface area contributed by atoms with Crippen molar-refractivity contribution in [2.24, 2.45) is 0 Å². The number of alkyl halides is 3. The van der Waals surface area contributed by atoms with Gasteiger partial charge >= 0.3 is 12.1 Å². The first-order valence-corrected chi connectivity index (χ1v) is 5.63. The van der Waals surface area contributed by atoms with Gasteiger partial charge in [-0.3, -0.25) is 4.79 Å². The summed E-state index contributed by atoms with van der Waals surface area (Å²) in [6, 6.07) is 0.354. The summed E-state index contributed by atoms with van der Waals surface area (Å²) in [4.78, 5) is 24.3. The molecular formula is C11H11F3N2O3. The van der Waals surface area contributed by atoms with Crippen molar-refractivity contribution < 1.29 is 23.1 Å². The van der Waals surface area contributed by atoms with Crippen LogP contribution in [-0.4, -0.2) is 22.1 Å². The highest BCUT2D eigenvalue weighted by atomic mass is 19.4. The topological polar surface area (TPSA) is 82.2 Å². The number of aromatic nitrogens is 1. The van der Waals surface area contributed by atoms with E-state index in [2.05, 4.69) is 5.32 Å². The molecule has 1 heterocycles. The first kappa shape index (κ1) is 13.4. The van der Waals surface area contributed by atoms with Crippen LogP contribution in [0.5, 0.6) is 0 Å². The van der Waals surface area contributed by atoms with Gasteiger partial charge in [-0.1, -0.05) is 0 Å². The quantitative estimate of drug-likeness (QED) is 0.789. The summed E-state index contributed by atoms with van der Waals surface area (Å²) >= 11 is 0. The van der Waals surface area contributed by atoms with Gasteiger partial charge in [0.2, 0.25) is 0 Å². The number of aromatic amines is 1. The zero-order valence-electron chi connectivity index (χ0n) is 9.67. The second kappa shape index (κ2) is 4.60. The number of anilines is 1. The Morgan fingerprint density at radius 1 is 1.42 bits per heavy atom. The molecule has 104 valence electrons. The van der Waals surface area contributed by atoms with Crippen LogP contribution in [0, 0.1) is 0 Å². The number of halogens is 3. The Balaban J connectivity index is 2.45. The maximum Gasteiger partial charge on any atom is 0.421 e. The van der Waals surface area contributed by atoms with Gasteiger partial charge in [0.25, 0.3) is 5.56 Å². The molecule has 0 radical (unpaired) electrons. The van der Waals surface area contributed by atoms with Crippen molar-refractivity contribution >= 4 is 11.8 Å². The van der Waals surface area contributed by atoms with Gasteiger partial charge in [-0.2, -0.15) is 13.2 Å². The number of H-pyrrole nitrogens is 1. The molecule has 8 heteroatoms. The van der Waals surface area contributed by atoms with Crippen molar-refractivity contribution in [3.8, 4) is 0 Å². The Kier molecular flexibility index (Phi) is 3.25. The van der Waals surface area contributed by atoms with E-state index in [1.165, 1.54) is 0 Å². The fraction of sp³-hybridized carbons (Fsp3) is 0.455. The molecule has 2 rings (SSSR count). The molecule has 0 bridgehead atoms. The van der Waals surface area contributed by atoms with E-state index in [4.69, 9.17) is 5.11 Å². The summed E-state index contributed by atoms with van der Waals surface area (Å²) in [5.74, 6) is -1.70. The second-order valence-electron chi connectivity index (χ2n) is 4.38. The number of carbonyl (C=O) groups is 1. The summed E-state index contributed by atoms with van der Waals surface area (Å²) in [6.07, 6.45) is -2.33. The van der Waals surface area contributed by atoms with Crippen LogP contribution in [0.25, 0.3) is 0 Å². The Hall–Kier alpha value is -1.99. The van der Waals surface area contributed by atoms with E-state index in [0.717, 1.165) is 19.3 Å². The highest BCUT2D eigenvalue weighted by Crippen LogP contribution is 2.29. The van der Waals surface area contributed by atoms with Gasteiger partial charge < -0.3 is 15.4 Å². The molecule has 0 atom stereocenters. The number of carboxylic acid groups (broad SMARTS) is 1. The average Bonchev–Trinajstić information content (AvgIpc) is 2.21. The summed E-state index contributed by atoms with van der Waals surface area (Å²) in [5, 5.41) is 11.7. The van der Waals surface area contributed by atoms with Crippen LogP contribution < -0.4 is 10.9 Å². The minimum Gasteiger partial charge on any atom is -0.478 e. The minimum atomic E-state index is -4.88.